The number of aliphatic hydroxyl groups is 1. The first-order valence-electron chi connectivity index (χ1n) is 6.48. The first kappa shape index (κ1) is 15.1. The highest BCUT2D eigenvalue weighted by Crippen LogP contribution is 2.31. The fourth-order valence-electron chi connectivity index (χ4n) is 2.27. The summed E-state index contributed by atoms with van der Waals surface area (Å²) in [7, 11) is -2.30. The van der Waals surface area contributed by atoms with Crippen molar-refractivity contribution in [2.75, 3.05) is 25.9 Å². The van der Waals surface area contributed by atoms with Crippen molar-refractivity contribution in [2.24, 2.45) is 5.92 Å². The van der Waals surface area contributed by atoms with Crippen molar-refractivity contribution < 1.29 is 18.3 Å². The fourth-order valence-corrected chi connectivity index (χ4v) is 3.94. The zero-order chi connectivity index (χ0) is 14.9. The third-order valence-corrected chi connectivity index (χ3v) is 5.57. The second-order valence-electron chi connectivity index (χ2n) is 5.11. The highest BCUT2D eigenvalue weighted by atomic mass is 32.2. The number of methoxy groups -OCH3 is 1. The van der Waals surface area contributed by atoms with Gasteiger partial charge < -0.3 is 15.6 Å². The predicted molar refractivity (Wildman–Crippen MR) is 76.0 cm³/mol. The average Bonchev–Trinajstić information content (AvgIpc) is 2.41. The Balaban J connectivity index is 2.38. The standard InChI is InChI=1S/C13H20N2O4S/c1-9-5-6-15(8-11(9)16)20(17,18)13-7-10(14)3-4-12(13)19-2/h3-4,7,9,11,16H,5-6,8,14H2,1-2H3. The van der Waals surface area contributed by atoms with Crippen LogP contribution in [0.25, 0.3) is 0 Å². The molecule has 1 aliphatic heterocycles. The molecule has 2 unspecified atom stereocenters. The van der Waals surface area contributed by atoms with E-state index < -0.39 is 16.1 Å². The minimum Gasteiger partial charge on any atom is -0.495 e. The van der Waals surface area contributed by atoms with E-state index in [4.69, 9.17) is 10.5 Å². The summed E-state index contributed by atoms with van der Waals surface area (Å²) in [4.78, 5) is 0.0433. The van der Waals surface area contributed by atoms with Gasteiger partial charge >= 0.3 is 0 Å². The van der Waals surface area contributed by atoms with E-state index in [0.717, 1.165) is 0 Å². The van der Waals surface area contributed by atoms with Gasteiger partial charge in [0.25, 0.3) is 0 Å². The molecular weight excluding hydrogens is 280 g/mol. The first-order chi connectivity index (χ1) is 9.36. The summed E-state index contributed by atoms with van der Waals surface area (Å²) in [5.74, 6) is 0.358. The molecule has 0 radical (unpaired) electrons. The molecule has 1 fully saturated rings. The second-order valence-corrected chi connectivity index (χ2v) is 7.01. The Morgan fingerprint density at radius 3 is 2.75 bits per heavy atom. The van der Waals surface area contributed by atoms with Crippen LogP contribution in [0.15, 0.2) is 23.1 Å². The van der Waals surface area contributed by atoms with E-state index in [-0.39, 0.29) is 23.1 Å². The van der Waals surface area contributed by atoms with Gasteiger partial charge in [-0.25, -0.2) is 8.42 Å². The molecule has 20 heavy (non-hydrogen) atoms. The minimum absolute atomic E-state index is 0.0433. The van der Waals surface area contributed by atoms with Gasteiger partial charge in [0.1, 0.15) is 10.6 Å². The summed E-state index contributed by atoms with van der Waals surface area (Å²) in [6.07, 6.45) is -0.0176. The van der Waals surface area contributed by atoms with E-state index in [0.29, 0.717) is 18.7 Å². The van der Waals surface area contributed by atoms with E-state index in [1.54, 1.807) is 6.07 Å². The van der Waals surface area contributed by atoms with E-state index in [2.05, 4.69) is 0 Å². The number of benzene rings is 1. The van der Waals surface area contributed by atoms with Gasteiger partial charge in [0.2, 0.25) is 10.0 Å². The number of nitrogens with zero attached hydrogens (tertiary/aromatic N) is 1. The molecule has 3 N–H and O–H groups in total. The number of nitrogens with two attached hydrogens (primary N) is 1. The Labute approximate surface area is 119 Å². The van der Waals surface area contributed by atoms with Crippen LogP contribution in [0.3, 0.4) is 0 Å². The molecular formula is C13H20N2O4S. The molecule has 0 spiro atoms. The molecule has 0 amide bonds. The van der Waals surface area contributed by atoms with Gasteiger partial charge in [-0.05, 0) is 30.5 Å². The van der Waals surface area contributed by atoms with Crippen molar-refractivity contribution in [3.05, 3.63) is 18.2 Å². The summed E-state index contributed by atoms with van der Waals surface area (Å²) in [6.45, 7) is 2.40. The van der Waals surface area contributed by atoms with Crippen LogP contribution in [0.1, 0.15) is 13.3 Å². The van der Waals surface area contributed by atoms with Crippen molar-refractivity contribution in [1.29, 1.82) is 0 Å². The Bertz CT molecular complexity index is 588. The van der Waals surface area contributed by atoms with E-state index >= 15 is 0 Å². The Hall–Kier alpha value is -1.31. The molecule has 0 bridgehead atoms. The van der Waals surface area contributed by atoms with Crippen molar-refractivity contribution in [1.82, 2.24) is 4.31 Å². The lowest BCUT2D eigenvalue weighted by atomic mass is 9.98. The van der Waals surface area contributed by atoms with Gasteiger partial charge in [-0.3, -0.25) is 0 Å². The number of anilines is 1. The van der Waals surface area contributed by atoms with E-state index in [9.17, 15) is 13.5 Å². The first-order valence-corrected chi connectivity index (χ1v) is 7.92. The molecule has 0 saturated carbocycles. The van der Waals surface area contributed by atoms with Crippen LogP contribution in [-0.4, -0.2) is 44.1 Å². The van der Waals surface area contributed by atoms with Crippen LogP contribution < -0.4 is 10.5 Å². The number of nitrogen functional groups attached to an aromatic ring is 1. The number of β-amino-alcohol motifs (C(OH)–C–C–N with tert-alkyl or cyclic N) is 1. The maximum Gasteiger partial charge on any atom is 0.246 e. The topological polar surface area (TPSA) is 92.9 Å². The average molecular weight is 300 g/mol. The number of piperidine rings is 1. The normalized spacial score (nSPS) is 24.6. The summed E-state index contributed by atoms with van der Waals surface area (Å²) in [5, 5.41) is 9.88. The number of hydrogen-bond donors (Lipinski definition) is 2. The van der Waals surface area contributed by atoms with Crippen LogP contribution in [0, 0.1) is 5.92 Å². The maximum atomic E-state index is 12.7. The highest BCUT2D eigenvalue weighted by molar-refractivity contribution is 7.89. The molecule has 6 nitrogen and oxygen atoms in total. The molecule has 2 atom stereocenters. The third kappa shape index (κ3) is 2.74. The molecule has 0 aliphatic carbocycles. The zero-order valence-electron chi connectivity index (χ0n) is 11.6. The second kappa shape index (κ2) is 5.59. The van der Waals surface area contributed by atoms with E-state index in [1.165, 1.54) is 23.5 Å². The number of hydrogen-bond acceptors (Lipinski definition) is 5. The molecule has 1 heterocycles. The molecule has 1 aliphatic rings. The van der Waals surface area contributed by atoms with Gasteiger partial charge in [0.05, 0.1) is 13.2 Å². The van der Waals surface area contributed by atoms with Crippen molar-refractivity contribution in [2.45, 2.75) is 24.3 Å². The van der Waals surface area contributed by atoms with Crippen LogP contribution >= 0.6 is 0 Å². The fraction of sp³-hybridized carbons (Fsp3) is 0.538. The van der Waals surface area contributed by atoms with Crippen molar-refractivity contribution in [3.63, 3.8) is 0 Å². The van der Waals surface area contributed by atoms with Gasteiger partial charge in [-0.1, -0.05) is 6.92 Å². The van der Waals surface area contributed by atoms with Crippen LogP contribution in [0.4, 0.5) is 5.69 Å². The third-order valence-electron chi connectivity index (χ3n) is 3.69. The maximum absolute atomic E-state index is 12.7. The number of sulfonamides is 1. The molecule has 1 saturated heterocycles. The largest absolute Gasteiger partial charge is 0.495 e. The van der Waals surface area contributed by atoms with Crippen LogP contribution in [-0.2, 0) is 10.0 Å². The van der Waals surface area contributed by atoms with Crippen LogP contribution in [0.5, 0.6) is 5.75 Å². The van der Waals surface area contributed by atoms with E-state index in [1.807, 2.05) is 6.92 Å². The quantitative estimate of drug-likeness (QED) is 0.800. The summed E-state index contributed by atoms with van der Waals surface area (Å²) in [6, 6.07) is 4.51. The highest BCUT2D eigenvalue weighted by Gasteiger charge is 2.34. The SMILES string of the molecule is COc1ccc(N)cc1S(=O)(=O)N1CCC(C)C(O)C1. The monoisotopic (exact) mass is 300 g/mol. The van der Waals surface area contributed by atoms with Crippen LogP contribution in [0.2, 0.25) is 0 Å². The van der Waals surface area contributed by atoms with Gasteiger partial charge in [-0.15, -0.1) is 0 Å². The Morgan fingerprint density at radius 2 is 2.15 bits per heavy atom. The van der Waals surface area contributed by atoms with Gasteiger partial charge in [0, 0.05) is 18.8 Å². The summed E-state index contributed by atoms with van der Waals surface area (Å²) < 4.78 is 31.7. The lowest BCUT2D eigenvalue weighted by Crippen LogP contribution is -2.45. The molecule has 112 valence electrons. The Morgan fingerprint density at radius 1 is 1.45 bits per heavy atom. The number of ether oxygens (including phenoxy) is 1. The zero-order valence-corrected chi connectivity index (χ0v) is 12.4. The summed E-state index contributed by atoms with van der Waals surface area (Å²) >= 11 is 0. The molecule has 1 aromatic rings. The molecule has 2 rings (SSSR count). The number of rotatable bonds is 3. The van der Waals surface area contributed by atoms with Crippen molar-refractivity contribution in [3.8, 4) is 5.75 Å². The smallest absolute Gasteiger partial charge is 0.246 e. The predicted octanol–water partition coefficient (Wildman–Crippen LogP) is 0.669. The number of aliphatic hydroxyl groups excluding tert-OH is 1. The lowest BCUT2D eigenvalue weighted by Gasteiger charge is -2.33. The van der Waals surface area contributed by atoms with Gasteiger partial charge in [0.15, 0.2) is 0 Å². The lowest BCUT2D eigenvalue weighted by molar-refractivity contribution is 0.0604. The minimum atomic E-state index is -3.72. The Kier molecular flexibility index (Phi) is 4.22. The van der Waals surface area contributed by atoms with Gasteiger partial charge in [-0.2, -0.15) is 4.31 Å². The molecule has 1 aromatic carbocycles. The summed E-state index contributed by atoms with van der Waals surface area (Å²) in [5.41, 5.74) is 6.03. The molecule has 0 aromatic heterocycles. The molecule has 7 heteroatoms. The van der Waals surface area contributed by atoms with Crippen molar-refractivity contribution >= 4 is 15.7 Å².